The van der Waals surface area contributed by atoms with Crippen molar-refractivity contribution in [2.24, 2.45) is 0 Å². The van der Waals surface area contributed by atoms with E-state index in [2.05, 4.69) is 15.0 Å². The van der Waals surface area contributed by atoms with E-state index in [4.69, 9.17) is 0 Å². The van der Waals surface area contributed by atoms with Crippen molar-refractivity contribution in [3.63, 3.8) is 0 Å². The van der Waals surface area contributed by atoms with E-state index in [0.29, 0.717) is 16.3 Å². The Hall–Kier alpha value is -3.40. The molecule has 6 nitrogen and oxygen atoms in total. The summed E-state index contributed by atoms with van der Waals surface area (Å²) in [5.74, 6) is -2.12. The summed E-state index contributed by atoms with van der Waals surface area (Å²) in [4.78, 5) is 28.8. The molecule has 31 heavy (non-hydrogen) atoms. The minimum atomic E-state index is -4.79. The van der Waals surface area contributed by atoms with E-state index in [1.54, 1.807) is 31.2 Å². The van der Waals surface area contributed by atoms with Gasteiger partial charge in [0.25, 0.3) is 5.91 Å². The maximum Gasteiger partial charge on any atom is 0.573 e. The highest BCUT2D eigenvalue weighted by Crippen LogP contribution is 2.30. The fourth-order valence-corrected chi connectivity index (χ4v) is 3.78. The van der Waals surface area contributed by atoms with E-state index < -0.39 is 24.3 Å². The molecule has 0 aliphatic carbocycles. The average molecular weight is 450 g/mol. The van der Waals surface area contributed by atoms with Gasteiger partial charge in [0.1, 0.15) is 21.7 Å². The predicted octanol–water partition coefficient (Wildman–Crippen LogP) is 4.44. The van der Waals surface area contributed by atoms with Gasteiger partial charge in [-0.15, -0.1) is 24.5 Å². The number of thiazole rings is 1. The molecule has 1 atom stereocenters. The van der Waals surface area contributed by atoms with Crippen LogP contribution < -0.4 is 10.1 Å². The maximum atomic E-state index is 12.7. The van der Waals surface area contributed by atoms with Gasteiger partial charge in [0, 0.05) is 12.0 Å². The van der Waals surface area contributed by atoms with E-state index in [9.17, 15) is 27.9 Å². The van der Waals surface area contributed by atoms with Crippen LogP contribution in [0.2, 0.25) is 0 Å². The van der Waals surface area contributed by atoms with Gasteiger partial charge >= 0.3 is 12.3 Å². The summed E-state index contributed by atoms with van der Waals surface area (Å²) in [5, 5.41) is 12.4. The molecule has 1 heterocycles. The van der Waals surface area contributed by atoms with Gasteiger partial charge in [-0.2, -0.15) is 0 Å². The predicted molar refractivity (Wildman–Crippen MR) is 108 cm³/mol. The van der Waals surface area contributed by atoms with Crippen molar-refractivity contribution < 1.29 is 32.6 Å². The molecule has 3 aromatic rings. The molecule has 0 fully saturated rings. The molecule has 2 N–H and O–H groups in total. The molecule has 10 heteroatoms. The molecule has 0 bridgehead atoms. The second-order valence-electron chi connectivity index (χ2n) is 6.56. The summed E-state index contributed by atoms with van der Waals surface area (Å²) < 4.78 is 40.7. The first kappa shape index (κ1) is 22.3. The van der Waals surface area contributed by atoms with E-state index in [1.165, 1.54) is 12.1 Å². The Morgan fingerprint density at radius 2 is 1.77 bits per heavy atom. The van der Waals surface area contributed by atoms with Crippen molar-refractivity contribution in [3.8, 4) is 16.3 Å². The number of hydrogen-bond donors (Lipinski definition) is 2. The molecule has 1 aromatic heterocycles. The molecule has 0 spiro atoms. The van der Waals surface area contributed by atoms with Gasteiger partial charge in [-0.05, 0) is 36.8 Å². The van der Waals surface area contributed by atoms with E-state index >= 15 is 0 Å². The van der Waals surface area contributed by atoms with Gasteiger partial charge in [-0.3, -0.25) is 4.79 Å². The van der Waals surface area contributed by atoms with E-state index in [-0.39, 0.29) is 17.0 Å². The number of ether oxygens (including phenoxy) is 1. The first-order chi connectivity index (χ1) is 14.6. The number of rotatable bonds is 7. The van der Waals surface area contributed by atoms with Crippen LogP contribution in [0.4, 0.5) is 13.2 Å². The van der Waals surface area contributed by atoms with Crippen LogP contribution in [0.3, 0.4) is 0 Å². The highest BCUT2D eigenvalue weighted by molar-refractivity contribution is 7.17. The number of aromatic nitrogens is 1. The number of carboxylic acid groups (broad SMARTS) is 1. The molecule has 0 radical (unpaired) electrons. The van der Waals surface area contributed by atoms with Crippen molar-refractivity contribution in [3.05, 3.63) is 70.7 Å². The molecule has 0 saturated carbocycles. The molecule has 1 amide bonds. The lowest BCUT2D eigenvalue weighted by atomic mass is 10.1. The smallest absolute Gasteiger partial charge is 0.480 e. The number of carbonyl (C=O) groups is 2. The lowest BCUT2D eigenvalue weighted by Gasteiger charge is -2.14. The topological polar surface area (TPSA) is 88.5 Å². The number of aliphatic carboxylic acids is 1. The number of amides is 1. The minimum Gasteiger partial charge on any atom is -0.480 e. The molecule has 0 unspecified atom stereocenters. The van der Waals surface area contributed by atoms with Crippen LogP contribution in [0.1, 0.15) is 20.9 Å². The summed E-state index contributed by atoms with van der Waals surface area (Å²) in [7, 11) is 0. The molecule has 0 aliphatic heterocycles. The van der Waals surface area contributed by atoms with Crippen LogP contribution in [0, 0.1) is 6.92 Å². The minimum absolute atomic E-state index is 0.118. The zero-order valence-corrected chi connectivity index (χ0v) is 17.0. The van der Waals surface area contributed by atoms with Crippen LogP contribution in [0.15, 0.2) is 54.6 Å². The first-order valence-corrected chi connectivity index (χ1v) is 9.85. The number of carbonyl (C=O) groups excluding carboxylic acids is 1. The standard InChI is InChI=1S/C21H17F3N2O4S/c1-12-17(18(27)26-16(20(28)29)11-13-5-3-2-4-6-13)31-19(25-12)14-7-9-15(10-8-14)30-21(22,23)24/h2-10,16H,11H2,1H3,(H,26,27)(H,28,29)/t16-/m0/s1. The summed E-state index contributed by atoms with van der Waals surface area (Å²) >= 11 is 1.02. The van der Waals surface area contributed by atoms with Gasteiger partial charge in [0.2, 0.25) is 0 Å². The Balaban J connectivity index is 1.74. The summed E-state index contributed by atoms with van der Waals surface area (Å²) in [6, 6.07) is 12.9. The number of aryl methyl sites for hydroxylation is 1. The number of halogens is 3. The van der Waals surface area contributed by atoms with Gasteiger partial charge < -0.3 is 15.2 Å². The first-order valence-electron chi connectivity index (χ1n) is 9.03. The summed E-state index contributed by atoms with van der Waals surface area (Å²) in [5.41, 5.74) is 1.65. The zero-order valence-electron chi connectivity index (χ0n) is 16.1. The molecule has 0 saturated heterocycles. The fraction of sp³-hybridized carbons (Fsp3) is 0.190. The van der Waals surface area contributed by atoms with Crippen molar-refractivity contribution in [1.82, 2.24) is 10.3 Å². The van der Waals surface area contributed by atoms with Gasteiger partial charge in [-0.25, -0.2) is 9.78 Å². The molecule has 3 rings (SSSR count). The van der Waals surface area contributed by atoms with Gasteiger partial charge in [0.15, 0.2) is 0 Å². The molecule has 2 aromatic carbocycles. The zero-order chi connectivity index (χ0) is 22.6. The third-order valence-electron chi connectivity index (χ3n) is 4.22. The van der Waals surface area contributed by atoms with Crippen LogP contribution in [0.5, 0.6) is 5.75 Å². The number of nitrogens with zero attached hydrogens (tertiary/aromatic N) is 1. The van der Waals surface area contributed by atoms with Crippen molar-refractivity contribution in [1.29, 1.82) is 0 Å². The number of hydrogen-bond acceptors (Lipinski definition) is 5. The summed E-state index contributed by atoms with van der Waals surface area (Å²) in [6.07, 6.45) is -4.67. The van der Waals surface area contributed by atoms with Gasteiger partial charge in [0.05, 0.1) is 5.69 Å². The second kappa shape index (κ2) is 9.17. The summed E-state index contributed by atoms with van der Waals surface area (Å²) in [6.45, 7) is 1.60. The molecular weight excluding hydrogens is 433 g/mol. The maximum absolute atomic E-state index is 12.7. The fourth-order valence-electron chi connectivity index (χ4n) is 2.80. The Morgan fingerprint density at radius 1 is 1.13 bits per heavy atom. The van der Waals surface area contributed by atoms with Crippen LogP contribution in [0.25, 0.3) is 10.6 Å². The Labute approximate surface area is 179 Å². The Morgan fingerprint density at radius 3 is 2.35 bits per heavy atom. The van der Waals surface area contributed by atoms with Crippen LogP contribution in [-0.4, -0.2) is 34.4 Å². The molecule has 162 valence electrons. The van der Waals surface area contributed by atoms with Crippen molar-refractivity contribution in [2.45, 2.75) is 25.7 Å². The largest absolute Gasteiger partial charge is 0.573 e. The van der Waals surface area contributed by atoms with Crippen LogP contribution >= 0.6 is 11.3 Å². The SMILES string of the molecule is Cc1nc(-c2ccc(OC(F)(F)F)cc2)sc1C(=O)N[C@@H](Cc1ccccc1)C(=O)O. The number of nitrogens with one attached hydrogen (secondary N) is 1. The number of carboxylic acids is 1. The van der Waals surface area contributed by atoms with E-state index in [1.807, 2.05) is 6.07 Å². The Kier molecular flexibility index (Phi) is 6.59. The molecular formula is C21H17F3N2O4S. The Bertz CT molecular complexity index is 1070. The quantitative estimate of drug-likeness (QED) is 0.556. The van der Waals surface area contributed by atoms with Crippen LogP contribution in [-0.2, 0) is 11.2 Å². The van der Waals surface area contributed by atoms with E-state index in [0.717, 1.165) is 29.0 Å². The lowest BCUT2D eigenvalue weighted by Crippen LogP contribution is -2.42. The van der Waals surface area contributed by atoms with Crippen molar-refractivity contribution >= 4 is 23.2 Å². The van der Waals surface area contributed by atoms with Crippen molar-refractivity contribution in [2.75, 3.05) is 0 Å². The number of alkyl halides is 3. The average Bonchev–Trinajstić information content (AvgIpc) is 3.09. The third-order valence-corrected chi connectivity index (χ3v) is 5.43. The van der Waals surface area contributed by atoms with Gasteiger partial charge in [-0.1, -0.05) is 30.3 Å². The monoisotopic (exact) mass is 450 g/mol. The normalized spacial score (nSPS) is 12.3. The number of benzene rings is 2. The highest BCUT2D eigenvalue weighted by Gasteiger charge is 2.31. The molecule has 0 aliphatic rings. The second-order valence-corrected chi connectivity index (χ2v) is 7.56. The highest BCUT2D eigenvalue weighted by atomic mass is 32.1. The lowest BCUT2D eigenvalue weighted by molar-refractivity contribution is -0.274. The third kappa shape index (κ3) is 6.05.